The van der Waals surface area contributed by atoms with Gasteiger partial charge in [0.25, 0.3) is 0 Å². The molecule has 112 valence electrons. The lowest BCUT2D eigenvalue weighted by atomic mass is 10.2. The molecule has 0 saturated heterocycles. The van der Waals surface area contributed by atoms with Crippen molar-refractivity contribution in [3.63, 3.8) is 0 Å². The van der Waals surface area contributed by atoms with Crippen LogP contribution in [0.25, 0.3) is 0 Å². The summed E-state index contributed by atoms with van der Waals surface area (Å²) in [6.45, 7) is 2.14. The quantitative estimate of drug-likeness (QED) is 0.846. The lowest BCUT2D eigenvalue weighted by Gasteiger charge is -2.12. The first-order chi connectivity index (χ1) is 9.88. The Bertz CT molecular complexity index is 629. The van der Waals surface area contributed by atoms with Crippen molar-refractivity contribution in [1.82, 2.24) is 4.98 Å². The molecule has 7 heteroatoms. The van der Waals surface area contributed by atoms with Crippen LogP contribution in [-0.4, -0.2) is 11.5 Å². The molecule has 0 atom stereocenters. The summed E-state index contributed by atoms with van der Waals surface area (Å²) in [7, 11) is 0. The Morgan fingerprint density at radius 1 is 1.19 bits per heavy atom. The molecule has 21 heavy (non-hydrogen) atoms. The van der Waals surface area contributed by atoms with Crippen LogP contribution in [0.2, 0.25) is 0 Å². The van der Waals surface area contributed by atoms with E-state index >= 15 is 0 Å². The van der Waals surface area contributed by atoms with E-state index in [1.807, 2.05) is 0 Å². The number of hydrogen-bond acceptors (Lipinski definition) is 3. The summed E-state index contributed by atoms with van der Waals surface area (Å²) in [5.74, 6) is -0.694. The summed E-state index contributed by atoms with van der Waals surface area (Å²) in [5, 5.41) is 2.69. The molecule has 1 aromatic carbocycles. The topological polar surface area (TPSA) is 34.1 Å². The van der Waals surface area contributed by atoms with Gasteiger partial charge in [0.1, 0.15) is 17.4 Å². The van der Waals surface area contributed by atoms with Crippen molar-refractivity contribution in [2.24, 2.45) is 0 Å². The van der Waals surface area contributed by atoms with E-state index in [1.54, 1.807) is 6.92 Å². The number of nitrogens with zero attached hydrogens (tertiary/aromatic N) is 1. The maximum absolute atomic E-state index is 13.0. The van der Waals surface area contributed by atoms with Gasteiger partial charge in [0.15, 0.2) is 0 Å². The summed E-state index contributed by atoms with van der Waals surface area (Å²) >= 11 is 0. The van der Waals surface area contributed by atoms with Gasteiger partial charge in [-0.1, -0.05) is 6.07 Å². The first kappa shape index (κ1) is 15.1. The number of nitrogens with one attached hydrogen (secondary N) is 1. The van der Waals surface area contributed by atoms with Gasteiger partial charge in [-0.2, -0.15) is 18.2 Å². The van der Waals surface area contributed by atoms with Crippen molar-refractivity contribution in [3.05, 3.63) is 47.8 Å². The number of anilines is 1. The van der Waals surface area contributed by atoms with Crippen molar-refractivity contribution in [2.45, 2.75) is 13.1 Å². The van der Waals surface area contributed by atoms with Gasteiger partial charge in [-0.05, 0) is 25.1 Å². The highest BCUT2D eigenvalue weighted by atomic mass is 19.4. The van der Waals surface area contributed by atoms with E-state index in [4.69, 9.17) is 4.74 Å². The Balaban J connectivity index is 2.35. The maximum Gasteiger partial charge on any atom is 0.416 e. The Kier molecular flexibility index (Phi) is 4.30. The molecule has 0 amide bonds. The highest BCUT2D eigenvalue weighted by Gasteiger charge is 2.32. The monoisotopic (exact) mass is 300 g/mol. The summed E-state index contributed by atoms with van der Waals surface area (Å²) < 4.78 is 56.7. The second kappa shape index (κ2) is 5.99. The van der Waals surface area contributed by atoms with E-state index in [1.165, 1.54) is 18.2 Å². The SMILES string of the molecule is CCNc1cc(C(F)(F)F)cc(Oc2cccc(F)c2)n1. The largest absolute Gasteiger partial charge is 0.439 e. The van der Waals surface area contributed by atoms with Gasteiger partial charge in [-0.3, -0.25) is 0 Å². The van der Waals surface area contributed by atoms with Gasteiger partial charge in [0, 0.05) is 18.7 Å². The smallest absolute Gasteiger partial charge is 0.416 e. The van der Waals surface area contributed by atoms with Crippen molar-refractivity contribution in [2.75, 3.05) is 11.9 Å². The van der Waals surface area contributed by atoms with Crippen molar-refractivity contribution in [1.29, 1.82) is 0 Å². The van der Waals surface area contributed by atoms with Crippen LogP contribution in [-0.2, 0) is 6.18 Å². The number of halogens is 4. The van der Waals surface area contributed by atoms with Crippen LogP contribution in [0.3, 0.4) is 0 Å². The summed E-state index contributed by atoms with van der Waals surface area (Å²) in [4.78, 5) is 3.91. The van der Waals surface area contributed by atoms with E-state index in [2.05, 4.69) is 10.3 Å². The fraction of sp³-hybridized carbons (Fsp3) is 0.214. The molecule has 1 heterocycles. The molecule has 0 bridgehead atoms. The van der Waals surface area contributed by atoms with Crippen molar-refractivity contribution < 1.29 is 22.3 Å². The summed E-state index contributed by atoms with van der Waals surface area (Å²) in [6, 6.07) is 6.75. The molecule has 0 radical (unpaired) electrons. The molecule has 0 aliphatic heterocycles. The minimum Gasteiger partial charge on any atom is -0.439 e. The number of benzene rings is 1. The number of alkyl halides is 3. The van der Waals surface area contributed by atoms with Gasteiger partial charge in [-0.25, -0.2) is 4.39 Å². The second-order valence-corrected chi connectivity index (χ2v) is 4.17. The number of hydrogen-bond donors (Lipinski definition) is 1. The zero-order chi connectivity index (χ0) is 15.5. The number of pyridine rings is 1. The zero-order valence-corrected chi connectivity index (χ0v) is 11.0. The van der Waals surface area contributed by atoms with Crippen LogP contribution >= 0.6 is 0 Å². The van der Waals surface area contributed by atoms with E-state index in [-0.39, 0.29) is 17.4 Å². The Hall–Kier alpha value is -2.31. The minimum atomic E-state index is -4.52. The molecule has 2 aromatic rings. The average molecular weight is 300 g/mol. The van der Waals surface area contributed by atoms with E-state index in [0.29, 0.717) is 6.54 Å². The molecule has 3 nitrogen and oxygen atoms in total. The number of aromatic nitrogens is 1. The van der Waals surface area contributed by atoms with Crippen LogP contribution in [0, 0.1) is 5.82 Å². The van der Waals surface area contributed by atoms with Crippen LogP contribution in [0.1, 0.15) is 12.5 Å². The standard InChI is InChI=1S/C14H12F4N2O/c1-2-19-12-6-9(14(16,17)18)7-13(20-12)21-11-5-3-4-10(15)8-11/h3-8H,2H2,1H3,(H,19,20). The molecule has 0 unspecified atom stereocenters. The molecule has 0 spiro atoms. The van der Waals surface area contributed by atoms with E-state index in [9.17, 15) is 17.6 Å². The molecule has 1 aromatic heterocycles. The normalized spacial score (nSPS) is 11.3. The molecular weight excluding hydrogens is 288 g/mol. The third-order valence-electron chi connectivity index (χ3n) is 2.51. The minimum absolute atomic E-state index is 0.0405. The fourth-order valence-corrected chi connectivity index (χ4v) is 1.64. The predicted molar refractivity (Wildman–Crippen MR) is 69.9 cm³/mol. The highest BCUT2D eigenvalue weighted by Crippen LogP contribution is 2.33. The van der Waals surface area contributed by atoms with Crippen LogP contribution < -0.4 is 10.1 Å². The van der Waals surface area contributed by atoms with E-state index in [0.717, 1.165) is 18.2 Å². The Labute approximate surface area is 118 Å². The van der Waals surface area contributed by atoms with Gasteiger partial charge >= 0.3 is 6.18 Å². The van der Waals surface area contributed by atoms with Crippen LogP contribution in [0.5, 0.6) is 11.6 Å². The molecule has 0 aliphatic carbocycles. The molecule has 0 saturated carbocycles. The second-order valence-electron chi connectivity index (χ2n) is 4.17. The van der Waals surface area contributed by atoms with Gasteiger partial charge in [-0.15, -0.1) is 0 Å². The van der Waals surface area contributed by atoms with Crippen LogP contribution in [0.15, 0.2) is 36.4 Å². The molecule has 2 rings (SSSR count). The van der Waals surface area contributed by atoms with Crippen molar-refractivity contribution in [3.8, 4) is 11.6 Å². The first-order valence-corrected chi connectivity index (χ1v) is 6.15. The molecular formula is C14H12F4N2O. The average Bonchev–Trinajstić information content (AvgIpc) is 2.37. The maximum atomic E-state index is 13.0. The van der Waals surface area contributed by atoms with Crippen LogP contribution in [0.4, 0.5) is 23.4 Å². The highest BCUT2D eigenvalue weighted by molar-refractivity contribution is 5.43. The fourth-order valence-electron chi connectivity index (χ4n) is 1.64. The predicted octanol–water partition coefficient (Wildman–Crippen LogP) is 4.46. The Morgan fingerprint density at radius 2 is 1.95 bits per heavy atom. The summed E-state index contributed by atoms with van der Waals surface area (Å²) in [6.07, 6.45) is -4.52. The van der Waals surface area contributed by atoms with Gasteiger partial charge in [0.05, 0.1) is 5.56 Å². The van der Waals surface area contributed by atoms with E-state index < -0.39 is 17.6 Å². The first-order valence-electron chi connectivity index (χ1n) is 6.15. The lowest BCUT2D eigenvalue weighted by molar-refractivity contribution is -0.137. The zero-order valence-electron chi connectivity index (χ0n) is 11.0. The lowest BCUT2D eigenvalue weighted by Crippen LogP contribution is -2.08. The third-order valence-corrected chi connectivity index (χ3v) is 2.51. The van der Waals surface area contributed by atoms with Gasteiger partial charge in [0.2, 0.25) is 5.88 Å². The number of rotatable bonds is 4. The van der Waals surface area contributed by atoms with Crippen molar-refractivity contribution >= 4 is 5.82 Å². The molecule has 0 fully saturated rings. The Morgan fingerprint density at radius 3 is 2.57 bits per heavy atom. The molecule has 0 aliphatic rings. The third kappa shape index (κ3) is 4.08. The summed E-state index contributed by atoms with van der Waals surface area (Å²) in [5.41, 5.74) is -0.889. The molecule has 1 N–H and O–H groups in total. The number of ether oxygens (including phenoxy) is 1. The van der Waals surface area contributed by atoms with Gasteiger partial charge < -0.3 is 10.1 Å².